The van der Waals surface area contributed by atoms with E-state index in [2.05, 4.69) is 9.08 Å². The van der Waals surface area contributed by atoms with Gasteiger partial charge in [0.25, 0.3) is 0 Å². The summed E-state index contributed by atoms with van der Waals surface area (Å²) in [5.74, 6) is -0.0718. The predicted octanol–water partition coefficient (Wildman–Crippen LogP) is 3.17. The van der Waals surface area contributed by atoms with Gasteiger partial charge >= 0.3 is 0 Å². The molecule has 0 bridgehead atoms. The highest BCUT2D eigenvalue weighted by atomic mass is 32.2. The number of hydrogen-bond donors (Lipinski definition) is 2. The van der Waals surface area contributed by atoms with E-state index in [4.69, 9.17) is 0 Å². The molecule has 2 fully saturated rings. The maximum absolute atomic E-state index is 14.1. The average molecular weight is 443 g/mol. The molecule has 0 amide bonds. The third-order valence-corrected chi connectivity index (χ3v) is 11.6. The molecular formula is C21H34N2O4S2. The minimum atomic E-state index is -3.65. The Morgan fingerprint density at radius 1 is 1.00 bits per heavy atom. The van der Waals surface area contributed by atoms with E-state index in [1.54, 1.807) is 40.0 Å². The van der Waals surface area contributed by atoms with Gasteiger partial charge in [-0.3, -0.25) is 0 Å². The van der Waals surface area contributed by atoms with Crippen LogP contribution in [0.1, 0.15) is 52.9 Å². The van der Waals surface area contributed by atoms with Crippen LogP contribution in [0.25, 0.3) is 0 Å². The minimum absolute atomic E-state index is 0.0309. The monoisotopic (exact) mass is 442 g/mol. The van der Waals surface area contributed by atoms with Crippen molar-refractivity contribution >= 4 is 19.8 Å². The minimum Gasteiger partial charge on any atom is -0.390 e. The van der Waals surface area contributed by atoms with E-state index in [0.29, 0.717) is 4.90 Å². The molecule has 2 aliphatic rings. The Labute approximate surface area is 175 Å². The quantitative estimate of drug-likeness (QED) is 0.749. The molecule has 0 saturated heterocycles. The molecule has 8 heteroatoms. The van der Waals surface area contributed by atoms with Gasteiger partial charge in [-0.1, -0.05) is 37.5 Å². The fourth-order valence-corrected chi connectivity index (χ4v) is 8.57. The lowest BCUT2D eigenvalue weighted by molar-refractivity contribution is 0.148. The van der Waals surface area contributed by atoms with E-state index < -0.39 is 41.9 Å². The first kappa shape index (κ1) is 22.7. The van der Waals surface area contributed by atoms with Crippen LogP contribution in [0.3, 0.4) is 0 Å². The summed E-state index contributed by atoms with van der Waals surface area (Å²) in [7, 11) is -5.01. The first-order chi connectivity index (χ1) is 13.5. The molecule has 2 N–H and O–H groups in total. The second-order valence-electron chi connectivity index (χ2n) is 9.24. The molecule has 0 radical (unpaired) electrons. The molecule has 0 aromatic heterocycles. The van der Waals surface area contributed by atoms with Crippen LogP contribution in [0.2, 0.25) is 0 Å². The molecule has 0 heterocycles. The SMILES string of the molecule is CN=S(=O)(c1ccccc1)[C@H]1[C@H](O)[C@@H](NS(=O)(=O)C(C)(C)C)[C@@H]2CCCCC[C@@H]21. The van der Waals surface area contributed by atoms with Gasteiger partial charge in [-0.05, 0) is 57.6 Å². The Bertz CT molecular complexity index is 931. The fourth-order valence-electron chi connectivity index (χ4n) is 4.87. The number of hydrogen-bond acceptors (Lipinski definition) is 5. The van der Waals surface area contributed by atoms with Crippen LogP contribution in [0, 0.1) is 11.8 Å². The normalized spacial score (nSPS) is 32.8. The molecule has 0 aliphatic heterocycles. The lowest BCUT2D eigenvalue weighted by Crippen LogP contribution is -2.51. The van der Waals surface area contributed by atoms with Gasteiger partial charge in [0.05, 0.1) is 31.9 Å². The third-order valence-electron chi connectivity index (χ3n) is 6.53. The number of nitrogens with zero attached hydrogens (tertiary/aromatic N) is 1. The lowest BCUT2D eigenvalue weighted by Gasteiger charge is -2.29. The number of rotatable bonds is 4. The van der Waals surface area contributed by atoms with Gasteiger partial charge in [0.15, 0.2) is 0 Å². The van der Waals surface area contributed by atoms with Crippen LogP contribution in [0.15, 0.2) is 39.6 Å². The van der Waals surface area contributed by atoms with Gasteiger partial charge in [0.2, 0.25) is 10.0 Å². The van der Waals surface area contributed by atoms with Crippen molar-refractivity contribution in [3.05, 3.63) is 30.3 Å². The summed E-state index contributed by atoms with van der Waals surface area (Å²) in [5.41, 5.74) is 0. The van der Waals surface area contributed by atoms with E-state index in [1.807, 2.05) is 18.2 Å². The molecule has 1 unspecified atom stereocenters. The number of aliphatic hydroxyl groups is 1. The summed E-state index contributed by atoms with van der Waals surface area (Å²) in [4.78, 5) is 0.605. The van der Waals surface area contributed by atoms with Gasteiger partial charge in [-0.25, -0.2) is 21.7 Å². The van der Waals surface area contributed by atoms with Crippen molar-refractivity contribution < 1.29 is 17.7 Å². The molecular weight excluding hydrogens is 408 g/mol. The molecule has 1 aromatic carbocycles. The molecule has 6 atom stereocenters. The molecule has 164 valence electrons. The van der Waals surface area contributed by atoms with Crippen molar-refractivity contribution in [2.75, 3.05) is 7.05 Å². The van der Waals surface area contributed by atoms with Gasteiger partial charge in [-0.15, -0.1) is 0 Å². The van der Waals surface area contributed by atoms with Crippen LogP contribution in [-0.2, 0) is 19.8 Å². The number of nitrogens with one attached hydrogen (secondary N) is 1. The third kappa shape index (κ3) is 4.13. The van der Waals surface area contributed by atoms with Crippen molar-refractivity contribution in [3.63, 3.8) is 0 Å². The Morgan fingerprint density at radius 3 is 2.14 bits per heavy atom. The van der Waals surface area contributed by atoms with Crippen LogP contribution in [0.5, 0.6) is 0 Å². The molecule has 1 aromatic rings. The Morgan fingerprint density at radius 2 is 1.59 bits per heavy atom. The Hall–Kier alpha value is -0.960. The lowest BCUT2D eigenvalue weighted by atomic mass is 9.89. The van der Waals surface area contributed by atoms with Crippen LogP contribution in [0.4, 0.5) is 0 Å². The highest BCUT2D eigenvalue weighted by Gasteiger charge is 2.55. The van der Waals surface area contributed by atoms with E-state index in [9.17, 15) is 17.7 Å². The summed E-state index contributed by atoms with van der Waals surface area (Å²) >= 11 is 0. The first-order valence-corrected chi connectivity index (χ1v) is 13.5. The van der Waals surface area contributed by atoms with E-state index in [0.717, 1.165) is 32.1 Å². The molecule has 6 nitrogen and oxygen atoms in total. The van der Waals surface area contributed by atoms with Crippen molar-refractivity contribution in [1.82, 2.24) is 4.72 Å². The second-order valence-corrected chi connectivity index (χ2v) is 14.2. The maximum atomic E-state index is 14.1. The van der Waals surface area contributed by atoms with Crippen molar-refractivity contribution in [3.8, 4) is 0 Å². The molecule has 2 aliphatic carbocycles. The van der Waals surface area contributed by atoms with Crippen molar-refractivity contribution in [2.45, 2.75) is 79.9 Å². The summed E-state index contributed by atoms with van der Waals surface area (Å²) in [6, 6.07) is 8.45. The van der Waals surface area contributed by atoms with Gasteiger partial charge < -0.3 is 5.11 Å². The summed E-state index contributed by atoms with van der Waals surface area (Å²) in [6.45, 7) is 4.94. The highest BCUT2D eigenvalue weighted by Crippen LogP contribution is 2.47. The zero-order chi connectivity index (χ0) is 21.4. The van der Waals surface area contributed by atoms with Gasteiger partial charge in [0.1, 0.15) is 0 Å². The van der Waals surface area contributed by atoms with Crippen LogP contribution < -0.4 is 4.72 Å². The van der Waals surface area contributed by atoms with Crippen molar-refractivity contribution in [1.29, 1.82) is 0 Å². The molecule has 29 heavy (non-hydrogen) atoms. The van der Waals surface area contributed by atoms with Gasteiger partial charge in [-0.2, -0.15) is 0 Å². The molecule has 3 rings (SSSR count). The largest absolute Gasteiger partial charge is 0.390 e. The number of benzene rings is 1. The maximum Gasteiger partial charge on any atom is 0.216 e. The van der Waals surface area contributed by atoms with E-state index in [1.165, 1.54) is 0 Å². The Kier molecular flexibility index (Phi) is 6.49. The predicted molar refractivity (Wildman–Crippen MR) is 117 cm³/mol. The number of sulfonamides is 1. The first-order valence-electron chi connectivity index (χ1n) is 10.4. The van der Waals surface area contributed by atoms with E-state index in [-0.39, 0.29) is 11.8 Å². The molecule has 0 spiro atoms. The number of fused-ring (bicyclic) bond motifs is 1. The smallest absolute Gasteiger partial charge is 0.216 e. The zero-order valence-electron chi connectivity index (χ0n) is 17.7. The Balaban J connectivity index is 2.07. The van der Waals surface area contributed by atoms with Gasteiger partial charge in [0, 0.05) is 11.9 Å². The summed E-state index contributed by atoms with van der Waals surface area (Å²) in [5, 5.41) is 10.8. The molecule has 2 saturated carbocycles. The highest BCUT2D eigenvalue weighted by molar-refractivity contribution is 7.94. The average Bonchev–Trinajstić information content (AvgIpc) is 2.81. The topological polar surface area (TPSA) is 95.8 Å². The fraction of sp³-hybridized carbons (Fsp3) is 0.714. The standard InChI is InChI=1S/C21H34N2O4S2/c1-21(2,3)29(26,27)23-18-16-13-9-6-10-14-17(16)20(19(18)24)28(25,22-4)15-11-7-5-8-12-15/h5,7-8,11-12,16-20,23-24H,6,9-10,13-14H2,1-4H3/t16-,17+,18+,19-,20-,28?/m1/s1. The zero-order valence-corrected chi connectivity index (χ0v) is 19.4. The van der Waals surface area contributed by atoms with Crippen LogP contribution in [-0.4, -0.2) is 46.9 Å². The second kappa shape index (κ2) is 8.29. The summed E-state index contributed by atoms with van der Waals surface area (Å²) < 4.78 is 46.1. The number of aliphatic hydroxyl groups excluding tert-OH is 1. The van der Waals surface area contributed by atoms with E-state index >= 15 is 0 Å². The van der Waals surface area contributed by atoms with Crippen molar-refractivity contribution in [2.24, 2.45) is 16.2 Å². The van der Waals surface area contributed by atoms with Crippen LogP contribution >= 0.6 is 0 Å². The summed E-state index contributed by atoms with van der Waals surface area (Å²) in [6.07, 6.45) is 3.67.